The van der Waals surface area contributed by atoms with Crippen LogP contribution in [0.15, 0.2) is 12.2 Å². The van der Waals surface area contributed by atoms with Crippen LogP contribution in [-0.4, -0.2) is 30.8 Å². The molecule has 0 aliphatic rings. The van der Waals surface area contributed by atoms with E-state index in [1.807, 2.05) is 20.8 Å². The van der Waals surface area contributed by atoms with E-state index in [1.165, 1.54) is 7.11 Å². The zero-order valence-electron chi connectivity index (χ0n) is 13.6. The Balaban J connectivity index is 4.88. The van der Waals surface area contributed by atoms with Gasteiger partial charge in [0.05, 0.1) is 7.11 Å². The molecule has 0 spiro atoms. The predicted octanol–water partition coefficient (Wildman–Crippen LogP) is 3.05. The first-order valence-corrected chi connectivity index (χ1v) is 6.62. The van der Waals surface area contributed by atoms with Crippen LogP contribution in [0.1, 0.15) is 48.0 Å². The summed E-state index contributed by atoms with van der Waals surface area (Å²) in [7, 11) is 1.29. The third-order valence-corrected chi connectivity index (χ3v) is 3.05. The Morgan fingerprint density at radius 1 is 1.20 bits per heavy atom. The highest BCUT2D eigenvalue weighted by Gasteiger charge is 2.31. The summed E-state index contributed by atoms with van der Waals surface area (Å²) in [5.41, 5.74) is 0.0139. The number of hydrogen-bond acceptors (Lipinski definition) is 4. The number of alkyl carbamates (subject to hydrolysis) is 1. The van der Waals surface area contributed by atoms with Crippen molar-refractivity contribution in [3.05, 3.63) is 12.2 Å². The van der Waals surface area contributed by atoms with Gasteiger partial charge in [0.2, 0.25) is 0 Å². The minimum absolute atomic E-state index is 0.298. The zero-order valence-corrected chi connectivity index (χ0v) is 13.6. The SMILES string of the molecule is C=C(C)C(C)(C)CC(NC(=O)OC(C)(C)C)C(=O)OC. The van der Waals surface area contributed by atoms with Crippen molar-refractivity contribution in [2.45, 2.75) is 59.6 Å². The highest BCUT2D eigenvalue weighted by Crippen LogP contribution is 2.30. The fourth-order valence-electron chi connectivity index (χ4n) is 1.47. The molecule has 5 nitrogen and oxygen atoms in total. The molecular formula is C15H27NO4. The van der Waals surface area contributed by atoms with Crippen LogP contribution >= 0.6 is 0 Å². The van der Waals surface area contributed by atoms with E-state index in [0.717, 1.165) is 5.57 Å². The van der Waals surface area contributed by atoms with Gasteiger partial charge in [-0.25, -0.2) is 9.59 Å². The lowest BCUT2D eigenvalue weighted by molar-refractivity contribution is -0.143. The number of hydrogen-bond donors (Lipinski definition) is 1. The molecule has 0 radical (unpaired) electrons. The van der Waals surface area contributed by atoms with Gasteiger partial charge >= 0.3 is 12.1 Å². The molecule has 0 bridgehead atoms. The van der Waals surface area contributed by atoms with Gasteiger partial charge in [-0.2, -0.15) is 0 Å². The molecule has 20 heavy (non-hydrogen) atoms. The van der Waals surface area contributed by atoms with Crippen LogP contribution in [0.4, 0.5) is 4.79 Å². The molecule has 0 aliphatic carbocycles. The summed E-state index contributed by atoms with van der Waals surface area (Å²) in [4.78, 5) is 23.6. The predicted molar refractivity (Wildman–Crippen MR) is 78.4 cm³/mol. The van der Waals surface area contributed by atoms with Crippen LogP contribution in [0.2, 0.25) is 0 Å². The van der Waals surface area contributed by atoms with Gasteiger partial charge in [0.1, 0.15) is 11.6 Å². The van der Waals surface area contributed by atoms with E-state index in [1.54, 1.807) is 20.8 Å². The number of amides is 1. The van der Waals surface area contributed by atoms with E-state index in [0.29, 0.717) is 6.42 Å². The topological polar surface area (TPSA) is 64.6 Å². The highest BCUT2D eigenvalue weighted by molar-refractivity contribution is 5.81. The largest absolute Gasteiger partial charge is 0.467 e. The molecule has 1 unspecified atom stereocenters. The Kier molecular flexibility index (Phi) is 6.26. The normalized spacial score (nSPS) is 13.3. The maximum Gasteiger partial charge on any atom is 0.408 e. The van der Waals surface area contributed by atoms with Crippen molar-refractivity contribution in [3.8, 4) is 0 Å². The maximum absolute atomic E-state index is 11.8. The van der Waals surface area contributed by atoms with Crippen molar-refractivity contribution in [3.63, 3.8) is 0 Å². The van der Waals surface area contributed by atoms with Gasteiger partial charge in [0, 0.05) is 0 Å². The second kappa shape index (κ2) is 6.77. The molecule has 0 heterocycles. The number of allylic oxidation sites excluding steroid dienone is 1. The van der Waals surface area contributed by atoms with E-state index in [4.69, 9.17) is 9.47 Å². The second-order valence-electron chi connectivity index (χ2n) is 6.59. The molecule has 0 aromatic carbocycles. The number of esters is 1. The van der Waals surface area contributed by atoms with Crippen LogP contribution < -0.4 is 5.32 Å². The minimum atomic E-state index is -0.762. The molecule has 1 amide bonds. The number of ether oxygens (including phenoxy) is 2. The van der Waals surface area contributed by atoms with Crippen molar-refractivity contribution in [1.82, 2.24) is 5.32 Å². The van der Waals surface area contributed by atoms with E-state index >= 15 is 0 Å². The van der Waals surface area contributed by atoms with Crippen LogP contribution in [0.5, 0.6) is 0 Å². The molecule has 116 valence electrons. The van der Waals surface area contributed by atoms with Gasteiger partial charge in [-0.3, -0.25) is 0 Å². The molecule has 0 aliphatic heterocycles. The molecule has 0 aromatic rings. The second-order valence-corrected chi connectivity index (χ2v) is 6.59. The molecule has 0 rings (SSSR count). The first-order chi connectivity index (χ1) is 8.89. The lowest BCUT2D eigenvalue weighted by Gasteiger charge is -2.30. The van der Waals surface area contributed by atoms with Gasteiger partial charge in [-0.05, 0) is 39.5 Å². The molecule has 0 saturated heterocycles. The molecule has 0 saturated carbocycles. The lowest BCUT2D eigenvalue weighted by atomic mass is 9.80. The average molecular weight is 285 g/mol. The Labute approximate surface area is 121 Å². The fourth-order valence-corrected chi connectivity index (χ4v) is 1.47. The van der Waals surface area contributed by atoms with Crippen molar-refractivity contribution in [1.29, 1.82) is 0 Å². The third-order valence-electron chi connectivity index (χ3n) is 3.05. The van der Waals surface area contributed by atoms with E-state index in [9.17, 15) is 9.59 Å². The summed E-state index contributed by atoms with van der Waals surface area (Å²) in [6, 6.07) is -0.762. The smallest absolute Gasteiger partial charge is 0.408 e. The molecule has 1 N–H and O–H groups in total. The number of carbonyl (C=O) groups is 2. The quantitative estimate of drug-likeness (QED) is 0.623. The van der Waals surface area contributed by atoms with Crippen molar-refractivity contribution >= 4 is 12.1 Å². The van der Waals surface area contributed by atoms with E-state index < -0.39 is 23.7 Å². The van der Waals surface area contributed by atoms with Crippen LogP contribution in [0.25, 0.3) is 0 Å². The number of nitrogens with one attached hydrogen (secondary N) is 1. The Hall–Kier alpha value is -1.52. The maximum atomic E-state index is 11.8. The van der Waals surface area contributed by atoms with Crippen molar-refractivity contribution in [2.75, 3.05) is 7.11 Å². The monoisotopic (exact) mass is 285 g/mol. The van der Waals surface area contributed by atoms with Gasteiger partial charge in [-0.15, -0.1) is 0 Å². The average Bonchev–Trinajstić information content (AvgIpc) is 2.23. The summed E-state index contributed by atoms with van der Waals surface area (Å²) in [6.45, 7) is 15.0. The summed E-state index contributed by atoms with van der Waals surface area (Å²) in [5, 5.41) is 2.56. The molecular weight excluding hydrogens is 258 g/mol. The van der Waals surface area contributed by atoms with Gasteiger partial charge < -0.3 is 14.8 Å². The fraction of sp³-hybridized carbons (Fsp3) is 0.733. The van der Waals surface area contributed by atoms with Crippen molar-refractivity contribution < 1.29 is 19.1 Å². The van der Waals surface area contributed by atoms with Gasteiger partial charge in [0.25, 0.3) is 0 Å². The van der Waals surface area contributed by atoms with Crippen molar-refractivity contribution in [2.24, 2.45) is 5.41 Å². The highest BCUT2D eigenvalue weighted by atomic mass is 16.6. The first-order valence-electron chi connectivity index (χ1n) is 6.62. The van der Waals surface area contributed by atoms with Gasteiger partial charge in [-0.1, -0.05) is 26.0 Å². The molecule has 5 heteroatoms. The Morgan fingerprint density at radius 2 is 1.70 bits per heavy atom. The lowest BCUT2D eigenvalue weighted by Crippen LogP contribution is -2.46. The summed E-state index contributed by atoms with van der Waals surface area (Å²) in [5.74, 6) is -0.495. The number of rotatable bonds is 5. The zero-order chi connectivity index (χ0) is 16.1. The molecule has 1 atom stereocenters. The first kappa shape index (κ1) is 18.5. The van der Waals surface area contributed by atoms with Crippen LogP contribution in [-0.2, 0) is 14.3 Å². The summed E-state index contributed by atoms with van der Waals surface area (Å²) in [6.07, 6.45) is -0.237. The van der Waals surface area contributed by atoms with E-state index in [-0.39, 0.29) is 5.41 Å². The minimum Gasteiger partial charge on any atom is -0.467 e. The number of carbonyl (C=O) groups excluding carboxylic acids is 2. The van der Waals surface area contributed by atoms with Gasteiger partial charge in [0.15, 0.2) is 0 Å². The van der Waals surface area contributed by atoms with Crippen LogP contribution in [0, 0.1) is 5.41 Å². The molecule has 0 fully saturated rings. The Bertz CT molecular complexity index is 380. The van der Waals surface area contributed by atoms with Crippen LogP contribution in [0.3, 0.4) is 0 Å². The Morgan fingerprint density at radius 3 is 2.05 bits per heavy atom. The number of methoxy groups -OCH3 is 1. The summed E-state index contributed by atoms with van der Waals surface area (Å²) >= 11 is 0. The summed E-state index contributed by atoms with van der Waals surface area (Å²) < 4.78 is 9.89. The molecule has 0 aromatic heterocycles. The third kappa shape index (κ3) is 6.59. The van der Waals surface area contributed by atoms with E-state index in [2.05, 4.69) is 11.9 Å². The standard InChI is InChI=1S/C15H27NO4/c1-10(2)15(6,7)9-11(12(17)19-8)16-13(18)20-14(3,4)5/h11H,1,9H2,2-8H3,(H,16,18).